The number of halogens is 1. The first-order valence-corrected chi connectivity index (χ1v) is 6.20. The minimum absolute atomic E-state index is 0.282. The number of amides is 2. The number of nitrogens with two attached hydrogens (primary N) is 1. The first-order valence-electron chi connectivity index (χ1n) is 6.20. The maximum atomic E-state index is 13.7. The molecule has 0 spiro atoms. The van der Waals surface area contributed by atoms with E-state index in [9.17, 15) is 9.18 Å². The molecule has 18 heavy (non-hydrogen) atoms. The second kappa shape index (κ2) is 7.66. The molecule has 5 heteroatoms. The third-order valence-electron chi connectivity index (χ3n) is 2.50. The van der Waals surface area contributed by atoms with Crippen LogP contribution in [0, 0.1) is 5.82 Å². The Labute approximate surface area is 107 Å². The van der Waals surface area contributed by atoms with Crippen LogP contribution in [-0.2, 0) is 0 Å². The third kappa shape index (κ3) is 4.00. The Morgan fingerprint density at radius 2 is 2.17 bits per heavy atom. The van der Waals surface area contributed by atoms with Gasteiger partial charge in [0.1, 0.15) is 5.82 Å². The number of carbonyl (C=O) groups excluding carboxylic acids is 1. The molecular weight excluding hydrogens is 233 g/mol. The van der Waals surface area contributed by atoms with Gasteiger partial charge in [-0.15, -0.1) is 0 Å². The quantitative estimate of drug-likeness (QED) is 0.815. The average Bonchev–Trinajstić information content (AvgIpc) is 2.38. The molecule has 0 fully saturated rings. The number of nitrogens with one attached hydrogen (secondary N) is 1. The molecule has 0 unspecified atom stereocenters. The summed E-state index contributed by atoms with van der Waals surface area (Å²) in [5.41, 5.74) is 5.73. The van der Waals surface area contributed by atoms with E-state index < -0.39 is 5.82 Å². The average molecular weight is 253 g/mol. The first kappa shape index (κ1) is 14.4. The zero-order valence-electron chi connectivity index (χ0n) is 10.7. The van der Waals surface area contributed by atoms with Gasteiger partial charge in [0, 0.05) is 13.1 Å². The molecule has 4 nitrogen and oxygen atoms in total. The SMILES string of the molecule is CCCNC(=O)N(CCCN)c1ccccc1F. The zero-order valence-corrected chi connectivity index (χ0v) is 10.7. The van der Waals surface area contributed by atoms with Crippen molar-refractivity contribution in [1.29, 1.82) is 0 Å². The van der Waals surface area contributed by atoms with Crippen molar-refractivity contribution in [2.24, 2.45) is 5.73 Å². The van der Waals surface area contributed by atoms with Crippen LogP contribution in [0.3, 0.4) is 0 Å². The number of carbonyl (C=O) groups is 1. The molecule has 0 saturated heterocycles. The van der Waals surface area contributed by atoms with Gasteiger partial charge in [0.2, 0.25) is 0 Å². The molecule has 0 bridgehead atoms. The molecule has 0 aromatic heterocycles. The molecule has 0 radical (unpaired) electrons. The van der Waals surface area contributed by atoms with Crippen LogP contribution < -0.4 is 16.0 Å². The highest BCUT2D eigenvalue weighted by atomic mass is 19.1. The summed E-state index contributed by atoms with van der Waals surface area (Å²) in [6, 6.07) is 5.97. The van der Waals surface area contributed by atoms with Crippen molar-refractivity contribution in [3.8, 4) is 0 Å². The van der Waals surface area contributed by atoms with Gasteiger partial charge < -0.3 is 11.1 Å². The van der Waals surface area contributed by atoms with Crippen LogP contribution in [-0.4, -0.2) is 25.7 Å². The Morgan fingerprint density at radius 3 is 2.78 bits per heavy atom. The fourth-order valence-electron chi connectivity index (χ4n) is 1.58. The second-order valence-electron chi connectivity index (χ2n) is 3.98. The van der Waals surface area contributed by atoms with Gasteiger partial charge in [0.25, 0.3) is 0 Å². The lowest BCUT2D eigenvalue weighted by molar-refractivity contribution is 0.246. The summed E-state index contributed by atoms with van der Waals surface area (Å²) in [6.45, 7) is 3.42. The fraction of sp³-hybridized carbons (Fsp3) is 0.462. The lowest BCUT2D eigenvalue weighted by atomic mass is 10.2. The first-order chi connectivity index (χ1) is 8.70. The van der Waals surface area contributed by atoms with E-state index in [1.807, 2.05) is 6.92 Å². The number of hydrogen-bond donors (Lipinski definition) is 2. The van der Waals surface area contributed by atoms with E-state index in [4.69, 9.17) is 5.73 Å². The molecule has 100 valence electrons. The van der Waals surface area contributed by atoms with Gasteiger partial charge in [0.05, 0.1) is 5.69 Å². The highest BCUT2D eigenvalue weighted by molar-refractivity contribution is 5.92. The van der Waals surface area contributed by atoms with Gasteiger partial charge >= 0.3 is 6.03 Å². The van der Waals surface area contributed by atoms with Crippen molar-refractivity contribution in [3.05, 3.63) is 30.1 Å². The summed E-state index contributed by atoms with van der Waals surface area (Å²) in [5.74, 6) is -0.402. The highest BCUT2D eigenvalue weighted by Gasteiger charge is 2.17. The number of benzene rings is 1. The number of anilines is 1. The van der Waals surface area contributed by atoms with Crippen molar-refractivity contribution in [3.63, 3.8) is 0 Å². The normalized spacial score (nSPS) is 10.2. The Morgan fingerprint density at radius 1 is 1.44 bits per heavy atom. The van der Waals surface area contributed by atoms with Gasteiger partial charge in [-0.3, -0.25) is 4.90 Å². The maximum Gasteiger partial charge on any atom is 0.321 e. The minimum Gasteiger partial charge on any atom is -0.338 e. The van der Waals surface area contributed by atoms with E-state index in [0.29, 0.717) is 31.7 Å². The Hall–Kier alpha value is -1.62. The number of rotatable bonds is 6. The monoisotopic (exact) mass is 253 g/mol. The summed E-state index contributed by atoms with van der Waals surface area (Å²) in [6.07, 6.45) is 1.47. The van der Waals surface area contributed by atoms with E-state index >= 15 is 0 Å². The predicted molar refractivity (Wildman–Crippen MR) is 71.1 cm³/mol. The third-order valence-corrected chi connectivity index (χ3v) is 2.50. The van der Waals surface area contributed by atoms with E-state index in [2.05, 4.69) is 5.32 Å². The minimum atomic E-state index is -0.402. The molecule has 0 heterocycles. The van der Waals surface area contributed by atoms with E-state index in [1.165, 1.54) is 11.0 Å². The molecular formula is C13H20FN3O. The van der Waals surface area contributed by atoms with Crippen LogP contribution in [0.5, 0.6) is 0 Å². The number of nitrogens with zero attached hydrogens (tertiary/aromatic N) is 1. The molecule has 0 saturated carbocycles. The Bertz CT molecular complexity index is 384. The summed E-state index contributed by atoms with van der Waals surface area (Å²) in [7, 11) is 0. The summed E-state index contributed by atoms with van der Waals surface area (Å²) in [5, 5.41) is 2.75. The molecule has 1 rings (SSSR count). The fourth-order valence-corrected chi connectivity index (χ4v) is 1.58. The van der Waals surface area contributed by atoms with Crippen LogP contribution in [0.25, 0.3) is 0 Å². The van der Waals surface area contributed by atoms with Gasteiger partial charge in [-0.05, 0) is 31.5 Å². The van der Waals surface area contributed by atoms with Gasteiger partial charge in [-0.2, -0.15) is 0 Å². The molecule has 0 aliphatic rings. The number of hydrogen-bond acceptors (Lipinski definition) is 2. The number of urea groups is 1. The molecule has 0 atom stereocenters. The van der Waals surface area contributed by atoms with Gasteiger partial charge in [0.15, 0.2) is 0 Å². The van der Waals surface area contributed by atoms with Crippen LogP contribution in [0.1, 0.15) is 19.8 Å². The van der Waals surface area contributed by atoms with Crippen LogP contribution >= 0.6 is 0 Å². The van der Waals surface area contributed by atoms with E-state index in [1.54, 1.807) is 18.2 Å². The summed E-state index contributed by atoms with van der Waals surface area (Å²) in [4.78, 5) is 13.4. The highest BCUT2D eigenvalue weighted by Crippen LogP contribution is 2.18. The Kier molecular flexibility index (Phi) is 6.14. The van der Waals surface area contributed by atoms with Crippen molar-refractivity contribution in [2.75, 3.05) is 24.5 Å². The standard InChI is InChI=1S/C13H20FN3O/c1-2-9-16-13(18)17(10-5-8-15)12-7-4-3-6-11(12)14/h3-4,6-7H,2,5,8-10,15H2,1H3,(H,16,18). The molecule has 3 N–H and O–H groups in total. The van der Waals surface area contributed by atoms with Gasteiger partial charge in [-0.25, -0.2) is 9.18 Å². The van der Waals surface area contributed by atoms with Crippen molar-refractivity contribution in [1.82, 2.24) is 5.32 Å². The molecule has 2 amide bonds. The molecule has 1 aromatic rings. The Balaban J connectivity index is 2.83. The molecule has 0 aliphatic carbocycles. The van der Waals surface area contributed by atoms with Gasteiger partial charge in [-0.1, -0.05) is 19.1 Å². The lowest BCUT2D eigenvalue weighted by Crippen LogP contribution is -2.41. The topological polar surface area (TPSA) is 58.4 Å². The van der Waals surface area contributed by atoms with Crippen LogP contribution in [0.15, 0.2) is 24.3 Å². The summed E-state index contributed by atoms with van der Waals surface area (Å²) < 4.78 is 13.7. The lowest BCUT2D eigenvalue weighted by Gasteiger charge is -2.23. The smallest absolute Gasteiger partial charge is 0.321 e. The number of para-hydroxylation sites is 1. The zero-order chi connectivity index (χ0) is 13.4. The van der Waals surface area contributed by atoms with Crippen LogP contribution in [0.2, 0.25) is 0 Å². The van der Waals surface area contributed by atoms with Crippen molar-refractivity contribution in [2.45, 2.75) is 19.8 Å². The van der Waals surface area contributed by atoms with Crippen molar-refractivity contribution >= 4 is 11.7 Å². The largest absolute Gasteiger partial charge is 0.338 e. The molecule has 0 aliphatic heterocycles. The second-order valence-corrected chi connectivity index (χ2v) is 3.98. The van der Waals surface area contributed by atoms with E-state index in [-0.39, 0.29) is 6.03 Å². The van der Waals surface area contributed by atoms with Crippen LogP contribution in [0.4, 0.5) is 14.9 Å². The summed E-state index contributed by atoms with van der Waals surface area (Å²) >= 11 is 0. The molecule has 1 aromatic carbocycles. The maximum absolute atomic E-state index is 13.7. The predicted octanol–water partition coefficient (Wildman–Crippen LogP) is 2.10. The van der Waals surface area contributed by atoms with Crippen molar-refractivity contribution < 1.29 is 9.18 Å². The van der Waals surface area contributed by atoms with E-state index in [0.717, 1.165) is 6.42 Å².